The van der Waals surface area contributed by atoms with Crippen LogP contribution in [0.4, 0.5) is 4.39 Å². The van der Waals surface area contributed by atoms with Crippen molar-refractivity contribution in [2.75, 3.05) is 20.7 Å². The van der Waals surface area contributed by atoms with E-state index in [4.69, 9.17) is 9.15 Å². The Morgan fingerprint density at radius 3 is 2.76 bits per heavy atom. The zero-order valence-electron chi connectivity index (χ0n) is 14.0. The van der Waals surface area contributed by atoms with Gasteiger partial charge in [0.2, 0.25) is 5.91 Å². The van der Waals surface area contributed by atoms with E-state index in [1.807, 2.05) is 0 Å². The lowest BCUT2D eigenvalue weighted by molar-refractivity contribution is -0.167. The highest BCUT2D eigenvalue weighted by Gasteiger charge is 2.42. The minimum absolute atomic E-state index is 0.216. The van der Waals surface area contributed by atoms with Crippen LogP contribution in [0, 0.1) is 5.82 Å². The van der Waals surface area contributed by atoms with E-state index in [9.17, 15) is 14.0 Å². The van der Waals surface area contributed by atoms with Crippen LogP contribution in [0.5, 0.6) is 0 Å². The van der Waals surface area contributed by atoms with Gasteiger partial charge in [-0.3, -0.25) is 9.59 Å². The predicted molar refractivity (Wildman–Crippen MR) is 86.8 cm³/mol. The molecule has 2 atom stereocenters. The van der Waals surface area contributed by atoms with Gasteiger partial charge in [-0.25, -0.2) is 4.39 Å². The summed E-state index contributed by atoms with van der Waals surface area (Å²) in [5.74, 6) is -0.502. The summed E-state index contributed by atoms with van der Waals surface area (Å²) in [7, 11) is 3.16. The first-order chi connectivity index (χ1) is 12.0. The van der Waals surface area contributed by atoms with Gasteiger partial charge in [0.15, 0.2) is 6.10 Å². The van der Waals surface area contributed by atoms with Gasteiger partial charge in [0, 0.05) is 19.7 Å². The highest BCUT2D eigenvalue weighted by atomic mass is 19.1. The van der Waals surface area contributed by atoms with Crippen molar-refractivity contribution in [3.8, 4) is 0 Å². The summed E-state index contributed by atoms with van der Waals surface area (Å²) in [6.07, 6.45) is 0.541. The lowest BCUT2D eigenvalue weighted by atomic mass is 9.96. The summed E-state index contributed by atoms with van der Waals surface area (Å²) < 4.78 is 25.0. The van der Waals surface area contributed by atoms with Crippen LogP contribution in [-0.2, 0) is 20.9 Å². The third-order valence-electron chi connectivity index (χ3n) is 4.30. The Morgan fingerprint density at radius 2 is 2.08 bits per heavy atom. The molecular formula is C18H19FN2O4. The fraction of sp³-hybridized carbons (Fsp3) is 0.333. The third kappa shape index (κ3) is 3.41. The molecule has 1 aromatic heterocycles. The number of hydrogen-bond acceptors (Lipinski definition) is 4. The molecule has 1 saturated heterocycles. The van der Waals surface area contributed by atoms with Crippen LogP contribution in [0.2, 0.25) is 0 Å². The first-order valence-corrected chi connectivity index (χ1v) is 7.88. The number of carbonyl (C=O) groups is 2. The number of likely N-dealkylation sites (N-methyl/N-ethyl adjacent to an activating group) is 2. The summed E-state index contributed by atoms with van der Waals surface area (Å²) in [4.78, 5) is 27.7. The van der Waals surface area contributed by atoms with Crippen LogP contribution >= 0.6 is 0 Å². The molecule has 1 aromatic carbocycles. The number of benzene rings is 1. The average molecular weight is 346 g/mol. The summed E-state index contributed by atoms with van der Waals surface area (Å²) >= 11 is 0. The van der Waals surface area contributed by atoms with Crippen molar-refractivity contribution in [1.29, 1.82) is 0 Å². The first-order valence-electron chi connectivity index (χ1n) is 7.88. The molecule has 0 spiro atoms. The Kier molecular flexibility index (Phi) is 4.85. The summed E-state index contributed by atoms with van der Waals surface area (Å²) in [5, 5.41) is 0. The van der Waals surface area contributed by atoms with Crippen LogP contribution in [0.15, 0.2) is 47.1 Å². The van der Waals surface area contributed by atoms with Gasteiger partial charge >= 0.3 is 0 Å². The molecule has 25 heavy (non-hydrogen) atoms. The molecule has 1 fully saturated rings. The molecule has 0 saturated carbocycles. The van der Waals surface area contributed by atoms with Gasteiger partial charge in [0.05, 0.1) is 18.8 Å². The van der Waals surface area contributed by atoms with E-state index in [0.717, 1.165) is 0 Å². The summed E-state index contributed by atoms with van der Waals surface area (Å²) in [6, 6.07) is 8.76. The first kappa shape index (κ1) is 17.2. The number of hydrogen-bond donors (Lipinski definition) is 0. The van der Waals surface area contributed by atoms with Gasteiger partial charge < -0.3 is 19.0 Å². The maximum Gasteiger partial charge on any atom is 0.254 e. The monoisotopic (exact) mass is 346 g/mol. The average Bonchev–Trinajstić information content (AvgIpc) is 3.10. The standard InChI is InChI=1S/C18H19FN2O4/c1-20(10-12-6-5-9-24-12)18(23)17-16(21(2)15(22)11-25-17)13-7-3-4-8-14(13)19/h3-9,16-17H,10-11H2,1-2H3/t16-,17-/m1/s1. The molecule has 2 amide bonds. The van der Waals surface area contributed by atoms with E-state index >= 15 is 0 Å². The number of nitrogens with zero attached hydrogens (tertiary/aromatic N) is 2. The van der Waals surface area contributed by atoms with Crippen molar-refractivity contribution in [2.45, 2.75) is 18.7 Å². The molecule has 0 bridgehead atoms. The van der Waals surface area contributed by atoms with Crippen molar-refractivity contribution >= 4 is 11.8 Å². The molecule has 2 aromatic rings. The highest BCUT2D eigenvalue weighted by molar-refractivity contribution is 5.86. The van der Waals surface area contributed by atoms with Crippen molar-refractivity contribution < 1.29 is 23.1 Å². The van der Waals surface area contributed by atoms with Gasteiger partial charge in [-0.15, -0.1) is 0 Å². The topological polar surface area (TPSA) is 63.0 Å². The number of ether oxygens (including phenoxy) is 1. The Hall–Kier alpha value is -2.67. The molecule has 0 aliphatic carbocycles. The SMILES string of the molecule is CN(Cc1ccco1)C(=O)[C@@H]1OCC(=O)N(C)[C@@H]1c1ccccc1F. The number of amides is 2. The van der Waals surface area contributed by atoms with E-state index in [-0.39, 0.29) is 30.5 Å². The number of furan rings is 1. The molecule has 2 heterocycles. The zero-order chi connectivity index (χ0) is 18.0. The van der Waals surface area contributed by atoms with Crippen LogP contribution in [-0.4, -0.2) is 48.4 Å². The lowest BCUT2D eigenvalue weighted by Crippen LogP contribution is -2.53. The van der Waals surface area contributed by atoms with Crippen LogP contribution in [0.1, 0.15) is 17.4 Å². The normalized spacial score (nSPS) is 20.6. The fourth-order valence-corrected chi connectivity index (χ4v) is 2.94. The second-order valence-corrected chi connectivity index (χ2v) is 5.98. The molecule has 6 nitrogen and oxygen atoms in total. The van der Waals surface area contributed by atoms with E-state index < -0.39 is 18.0 Å². The molecule has 1 aliphatic heterocycles. The highest BCUT2D eigenvalue weighted by Crippen LogP contribution is 2.31. The van der Waals surface area contributed by atoms with Crippen molar-refractivity contribution in [2.24, 2.45) is 0 Å². The summed E-state index contributed by atoms with van der Waals surface area (Å²) in [6.45, 7) is 0.0415. The number of rotatable bonds is 4. The van der Waals surface area contributed by atoms with E-state index in [2.05, 4.69) is 0 Å². The van der Waals surface area contributed by atoms with Crippen LogP contribution in [0.25, 0.3) is 0 Å². The minimum Gasteiger partial charge on any atom is -0.467 e. The van der Waals surface area contributed by atoms with Gasteiger partial charge in [-0.1, -0.05) is 18.2 Å². The Morgan fingerprint density at radius 1 is 1.32 bits per heavy atom. The molecule has 0 unspecified atom stereocenters. The maximum absolute atomic E-state index is 14.3. The van der Waals surface area contributed by atoms with Gasteiger partial charge in [-0.2, -0.15) is 0 Å². The summed E-state index contributed by atoms with van der Waals surface area (Å²) in [5.41, 5.74) is 0.253. The molecule has 1 aliphatic rings. The number of morpholine rings is 1. The lowest BCUT2D eigenvalue weighted by Gasteiger charge is -2.39. The fourth-order valence-electron chi connectivity index (χ4n) is 2.94. The van der Waals surface area contributed by atoms with E-state index in [0.29, 0.717) is 5.76 Å². The van der Waals surface area contributed by atoms with Gasteiger partial charge in [0.25, 0.3) is 5.91 Å². The molecule has 0 radical (unpaired) electrons. The van der Waals surface area contributed by atoms with Gasteiger partial charge in [0.1, 0.15) is 18.2 Å². The minimum atomic E-state index is -0.987. The zero-order valence-corrected chi connectivity index (χ0v) is 14.0. The van der Waals surface area contributed by atoms with E-state index in [1.54, 1.807) is 44.4 Å². The van der Waals surface area contributed by atoms with Crippen molar-refractivity contribution in [3.05, 3.63) is 59.8 Å². The Balaban J connectivity index is 1.88. The van der Waals surface area contributed by atoms with Crippen LogP contribution in [0.3, 0.4) is 0 Å². The third-order valence-corrected chi connectivity index (χ3v) is 4.30. The van der Waals surface area contributed by atoms with E-state index in [1.165, 1.54) is 22.1 Å². The van der Waals surface area contributed by atoms with Crippen molar-refractivity contribution in [3.63, 3.8) is 0 Å². The second-order valence-electron chi connectivity index (χ2n) is 5.98. The number of carbonyl (C=O) groups excluding carboxylic acids is 2. The van der Waals surface area contributed by atoms with Crippen molar-refractivity contribution in [1.82, 2.24) is 9.80 Å². The molecule has 7 heteroatoms. The Labute approximate surface area is 144 Å². The quantitative estimate of drug-likeness (QED) is 0.849. The molecule has 3 rings (SSSR count). The maximum atomic E-state index is 14.3. The van der Waals surface area contributed by atoms with Gasteiger partial charge in [-0.05, 0) is 18.2 Å². The molecular weight excluding hydrogens is 327 g/mol. The largest absolute Gasteiger partial charge is 0.467 e. The second kappa shape index (κ2) is 7.06. The predicted octanol–water partition coefficient (Wildman–Crippen LogP) is 1.98. The van der Waals surface area contributed by atoms with Crippen LogP contribution < -0.4 is 0 Å². The molecule has 0 N–H and O–H groups in total. The molecule has 132 valence electrons. The number of halogens is 1. The smallest absolute Gasteiger partial charge is 0.254 e. The Bertz CT molecular complexity index is 762.